The SMILES string of the molecule is C=C/C(O)=C(\Br)N(C)/C(C)=N\CC. The lowest BCUT2D eigenvalue weighted by molar-refractivity contribution is 0.416. The fraction of sp³-hybridized carbons (Fsp3) is 0.444. The third-order valence-corrected chi connectivity index (χ3v) is 2.51. The molecule has 0 aliphatic heterocycles. The molecule has 0 aromatic heterocycles. The van der Waals surface area contributed by atoms with E-state index < -0.39 is 0 Å². The van der Waals surface area contributed by atoms with Gasteiger partial charge < -0.3 is 10.0 Å². The van der Waals surface area contributed by atoms with Crippen molar-refractivity contribution in [3.8, 4) is 0 Å². The Morgan fingerprint density at radius 3 is 2.62 bits per heavy atom. The van der Waals surface area contributed by atoms with Crippen molar-refractivity contribution < 1.29 is 5.11 Å². The first kappa shape index (κ1) is 12.2. The molecule has 0 aromatic carbocycles. The molecule has 4 heteroatoms. The number of hydrogen-bond acceptors (Lipinski definition) is 2. The van der Waals surface area contributed by atoms with Crippen LogP contribution < -0.4 is 0 Å². The van der Waals surface area contributed by atoms with Crippen molar-refractivity contribution in [2.24, 2.45) is 4.99 Å². The Labute approximate surface area is 87.6 Å². The minimum absolute atomic E-state index is 0.105. The number of aliphatic hydroxyl groups excluding tert-OH is 1. The van der Waals surface area contributed by atoms with Crippen molar-refractivity contribution in [3.63, 3.8) is 0 Å². The summed E-state index contributed by atoms with van der Waals surface area (Å²) in [6.07, 6.45) is 1.37. The number of aliphatic hydroxyl groups is 1. The fourth-order valence-corrected chi connectivity index (χ4v) is 1.15. The maximum atomic E-state index is 9.33. The van der Waals surface area contributed by atoms with E-state index in [1.54, 1.807) is 4.90 Å². The van der Waals surface area contributed by atoms with E-state index in [1.165, 1.54) is 6.08 Å². The molecule has 0 unspecified atom stereocenters. The molecule has 0 spiro atoms. The van der Waals surface area contributed by atoms with Gasteiger partial charge in [-0.1, -0.05) is 6.58 Å². The van der Waals surface area contributed by atoms with Gasteiger partial charge in [0.05, 0.1) is 0 Å². The van der Waals surface area contributed by atoms with Gasteiger partial charge in [0.1, 0.15) is 16.2 Å². The van der Waals surface area contributed by atoms with Gasteiger partial charge in [-0.2, -0.15) is 0 Å². The Morgan fingerprint density at radius 1 is 1.69 bits per heavy atom. The van der Waals surface area contributed by atoms with Gasteiger partial charge in [0.25, 0.3) is 0 Å². The first-order valence-corrected chi connectivity index (χ1v) is 4.79. The van der Waals surface area contributed by atoms with Crippen LogP contribution in [0.5, 0.6) is 0 Å². The summed E-state index contributed by atoms with van der Waals surface area (Å²) in [6.45, 7) is 8.03. The van der Waals surface area contributed by atoms with Crippen LogP contribution in [0, 0.1) is 0 Å². The number of amidine groups is 1. The van der Waals surface area contributed by atoms with Crippen LogP contribution in [0.4, 0.5) is 0 Å². The average molecular weight is 247 g/mol. The van der Waals surface area contributed by atoms with Crippen molar-refractivity contribution in [1.29, 1.82) is 0 Å². The molecular weight excluding hydrogens is 232 g/mol. The first-order chi connectivity index (χ1) is 6.04. The number of hydrogen-bond donors (Lipinski definition) is 1. The molecule has 0 amide bonds. The molecule has 0 rings (SSSR count). The molecule has 0 aliphatic carbocycles. The predicted octanol–water partition coefficient (Wildman–Crippen LogP) is 2.66. The largest absolute Gasteiger partial charge is 0.505 e. The third kappa shape index (κ3) is 3.63. The standard InChI is InChI=1S/C9H15BrN2O/c1-5-8(13)9(10)12(4)7(3)11-6-2/h5,13H,1,6H2,2-4H3/b9-8-,11-7-. The Balaban J connectivity index is 4.69. The average Bonchev–Trinajstić information content (AvgIpc) is 2.14. The Hall–Kier alpha value is -0.770. The highest BCUT2D eigenvalue weighted by Gasteiger charge is 2.07. The van der Waals surface area contributed by atoms with E-state index in [4.69, 9.17) is 0 Å². The number of rotatable bonds is 3. The Kier molecular flexibility index (Phi) is 5.46. The fourth-order valence-electron chi connectivity index (χ4n) is 0.733. The maximum Gasteiger partial charge on any atom is 0.145 e. The van der Waals surface area contributed by atoms with Gasteiger partial charge in [-0.05, 0) is 35.9 Å². The maximum absolute atomic E-state index is 9.33. The van der Waals surface area contributed by atoms with Crippen LogP contribution in [-0.4, -0.2) is 29.4 Å². The summed E-state index contributed by atoms with van der Waals surface area (Å²) in [5, 5.41) is 9.33. The molecule has 0 saturated heterocycles. The zero-order valence-corrected chi connectivity index (χ0v) is 9.80. The van der Waals surface area contributed by atoms with Crippen molar-refractivity contribution in [2.45, 2.75) is 13.8 Å². The topological polar surface area (TPSA) is 35.8 Å². The van der Waals surface area contributed by atoms with E-state index in [2.05, 4.69) is 27.5 Å². The Morgan fingerprint density at radius 2 is 2.23 bits per heavy atom. The van der Waals surface area contributed by atoms with Gasteiger partial charge in [0.2, 0.25) is 0 Å². The number of allylic oxidation sites excluding steroid dienone is 1. The molecule has 3 nitrogen and oxygen atoms in total. The third-order valence-electron chi connectivity index (χ3n) is 1.57. The zero-order chi connectivity index (χ0) is 10.4. The molecule has 0 fully saturated rings. The lowest BCUT2D eigenvalue weighted by Crippen LogP contribution is -2.22. The molecule has 0 bridgehead atoms. The van der Waals surface area contributed by atoms with Crippen LogP contribution in [0.2, 0.25) is 0 Å². The quantitative estimate of drug-likeness (QED) is 0.273. The van der Waals surface area contributed by atoms with E-state index in [0.717, 1.165) is 12.4 Å². The molecule has 0 radical (unpaired) electrons. The van der Waals surface area contributed by atoms with E-state index >= 15 is 0 Å². The lowest BCUT2D eigenvalue weighted by Gasteiger charge is -2.18. The molecule has 0 heterocycles. The minimum atomic E-state index is 0.105. The van der Waals surface area contributed by atoms with Gasteiger partial charge in [0, 0.05) is 13.6 Å². The number of nitrogens with zero attached hydrogens (tertiary/aromatic N) is 2. The predicted molar refractivity (Wildman–Crippen MR) is 60.2 cm³/mol. The van der Waals surface area contributed by atoms with E-state index in [1.807, 2.05) is 20.9 Å². The number of halogens is 1. The second-order valence-corrected chi connectivity index (χ2v) is 3.21. The Bertz CT molecular complexity index is 246. The summed E-state index contributed by atoms with van der Waals surface area (Å²) in [4.78, 5) is 5.95. The molecule has 0 atom stereocenters. The summed E-state index contributed by atoms with van der Waals surface area (Å²) >= 11 is 3.24. The molecule has 74 valence electrons. The highest BCUT2D eigenvalue weighted by Crippen LogP contribution is 2.15. The molecule has 0 saturated carbocycles. The molecule has 13 heavy (non-hydrogen) atoms. The van der Waals surface area contributed by atoms with Gasteiger partial charge in [-0.3, -0.25) is 4.99 Å². The van der Waals surface area contributed by atoms with Gasteiger partial charge in [0.15, 0.2) is 0 Å². The van der Waals surface area contributed by atoms with Crippen molar-refractivity contribution in [2.75, 3.05) is 13.6 Å². The van der Waals surface area contributed by atoms with Gasteiger partial charge in [-0.25, -0.2) is 0 Å². The van der Waals surface area contributed by atoms with Crippen LogP contribution >= 0.6 is 15.9 Å². The second-order valence-electron chi connectivity index (χ2n) is 2.46. The normalized spacial score (nSPS) is 13.7. The van der Waals surface area contributed by atoms with E-state index in [0.29, 0.717) is 4.61 Å². The van der Waals surface area contributed by atoms with Crippen molar-refractivity contribution in [1.82, 2.24) is 4.90 Å². The van der Waals surface area contributed by atoms with Gasteiger partial charge in [-0.15, -0.1) is 0 Å². The first-order valence-electron chi connectivity index (χ1n) is 4.00. The van der Waals surface area contributed by atoms with Crippen molar-refractivity contribution >= 4 is 21.8 Å². The summed E-state index contributed by atoms with van der Waals surface area (Å²) in [6, 6.07) is 0. The summed E-state index contributed by atoms with van der Waals surface area (Å²) in [5.41, 5.74) is 0. The summed E-state index contributed by atoms with van der Waals surface area (Å²) < 4.78 is 0.567. The molecule has 0 aromatic rings. The van der Waals surface area contributed by atoms with Crippen molar-refractivity contribution in [3.05, 3.63) is 23.0 Å². The van der Waals surface area contributed by atoms with Crippen LogP contribution in [0.15, 0.2) is 28.0 Å². The molecule has 1 N–H and O–H groups in total. The minimum Gasteiger partial charge on any atom is -0.505 e. The van der Waals surface area contributed by atoms with Crippen LogP contribution in [0.25, 0.3) is 0 Å². The smallest absolute Gasteiger partial charge is 0.145 e. The molecular formula is C9H15BrN2O. The number of aliphatic imine (C=N–C) groups is 1. The summed E-state index contributed by atoms with van der Waals surface area (Å²) in [5.74, 6) is 0.941. The molecule has 0 aliphatic rings. The highest BCUT2D eigenvalue weighted by molar-refractivity contribution is 9.11. The second kappa shape index (κ2) is 5.80. The van der Waals surface area contributed by atoms with E-state index in [-0.39, 0.29) is 5.76 Å². The summed E-state index contributed by atoms with van der Waals surface area (Å²) in [7, 11) is 1.82. The zero-order valence-electron chi connectivity index (χ0n) is 8.21. The lowest BCUT2D eigenvalue weighted by atomic mass is 10.5. The van der Waals surface area contributed by atoms with Crippen LogP contribution in [0.1, 0.15) is 13.8 Å². The van der Waals surface area contributed by atoms with E-state index in [9.17, 15) is 5.11 Å². The monoisotopic (exact) mass is 246 g/mol. The van der Waals surface area contributed by atoms with Gasteiger partial charge >= 0.3 is 0 Å². The van der Waals surface area contributed by atoms with Crippen LogP contribution in [0.3, 0.4) is 0 Å². The van der Waals surface area contributed by atoms with Crippen LogP contribution in [-0.2, 0) is 0 Å². The highest BCUT2D eigenvalue weighted by atomic mass is 79.9.